The molecular formula is C14H21N3O2. The molecule has 0 atom stereocenters. The van der Waals surface area contributed by atoms with Gasteiger partial charge in [-0.1, -0.05) is 12.1 Å². The van der Waals surface area contributed by atoms with Crippen LogP contribution in [-0.4, -0.2) is 50.2 Å². The number of ether oxygens (including phenoxy) is 2. The van der Waals surface area contributed by atoms with Gasteiger partial charge in [-0.15, -0.1) is 0 Å². The van der Waals surface area contributed by atoms with Gasteiger partial charge in [0.25, 0.3) is 0 Å². The third-order valence-electron chi connectivity index (χ3n) is 3.10. The normalized spacial score (nSPS) is 16.2. The van der Waals surface area contributed by atoms with E-state index in [1.165, 1.54) is 0 Å². The second-order valence-corrected chi connectivity index (χ2v) is 4.65. The fraction of sp³-hybridized carbons (Fsp3) is 0.500. The van der Waals surface area contributed by atoms with Crippen LogP contribution in [0.3, 0.4) is 0 Å². The summed E-state index contributed by atoms with van der Waals surface area (Å²) in [5, 5.41) is 7.24. The van der Waals surface area contributed by atoms with Crippen LogP contribution in [-0.2, 0) is 11.2 Å². The minimum Gasteiger partial charge on any atom is -0.492 e. The third kappa shape index (κ3) is 4.89. The maximum Gasteiger partial charge on any atom is 0.119 e. The summed E-state index contributed by atoms with van der Waals surface area (Å²) in [6.07, 6.45) is 0.494. The predicted molar refractivity (Wildman–Crippen MR) is 74.8 cm³/mol. The van der Waals surface area contributed by atoms with Crippen LogP contribution < -0.4 is 10.5 Å². The zero-order chi connectivity index (χ0) is 13.5. The minimum absolute atomic E-state index is 0.181. The van der Waals surface area contributed by atoms with Gasteiger partial charge in [0.2, 0.25) is 0 Å². The van der Waals surface area contributed by atoms with E-state index in [1.807, 2.05) is 24.3 Å². The van der Waals surface area contributed by atoms with E-state index >= 15 is 0 Å². The van der Waals surface area contributed by atoms with E-state index in [0.29, 0.717) is 13.0 Å². The molecule has 1 heterocycles. The molecule has 0 bridgehead atoms. The first-order valence-corrected chi connectivity index (χ1v) is 6.59. The van der Waals surface area contributed by atoms with E-state index < -0.39 is 0 Å². The van der Waals surface area contributed by atoms with Crippen molar-refractivity contribution in [3.63, 3.8) is 0 Å². The van der Waals surface area contributed by atoms with Crippen LogP contribution >= 0.6 is 0 Å². The van der Waals surface area contributed by atoms with Crippen molar-refractivity contribution in [3.8, 4) is 5.75 Å². The lowest BCUT2D eigenvalue weighted by molar-refractivity contribution is 0.0322. The highest BCUT2D eigenvalue weighted by atomic mass is 16.5. The molecule has 0 saturated carbocycles. The molecule has 1 fully saturated rings. The number of benzene rings is 1. The molecule has 104 valence electrons. The molecule has 19 heavy (non-hydrogen) atoms. The number of nitrogens with one attached hydrogen (secondary N) is 1. The SMILES string of the molecule is N=C(N)Cc1ccc(OCCN2CCOCC2)cc1. The van der Waals surface area contributed by atoms with E-state index in [1.54, 1.807) is 0 Å². The molecule has 0 aromatic heterocycles. The first kappa shape index (κ1) is 13.8. The zero-order valence-electron chi connectivity index (χ0n) is 11.1. The maximum atomic E-state index is 7.24. The topological polar surface area (TPSA) is 71.6 Å². The summed E-state index contributed by atoms with van der Waals surface area (Å²) in [4.78, 5) is 2.34. The molecule has 1 saturated heterocycles. The number of morpholine rings is 1. The highest BCUT2D eigenvalue weighted by Gasteiger charge is 2.09. The Kier molecular flexibility index (Phi) is 5.18. The first-order chi connectivity index (χ1) is 9.24. The Bertz CT molecular complexity index is 400. The van der Waals surface area contributed by atoms with E-state index in [2.05, 4.69) is 4.90 Å². The van der Waals surface area contributed by atoms with Crippen LogP contribution in [0, 0.1) is 5.41 Å². The summed E-state index contributed by atoms with van der Waals surface area (Å²) in [6, 6.07) is 7.76. The lowest BCUT2D eigenvalue weighted by Gasteiger charge is -2.26. The first-order valence-electron chi connectivity index (χ1n) is 6.59. The van der Waals surface area contributed by atoms with Gasteiger partial charge in [-0.3, -0.25) is 10.3 Å². The van der Waals surface area contributed by atoms with E-state index in [-0.39, 0.29) is 5.84 Å². The fourth-order valence-electron chi connectivity index (χ4n) is 2.04. The number of amidine groups is 1. The van der Waals surface area contributed by atoms with Crippen molar-refractivity contribution in [1.29, 1.82) is 5.41 Å². The van der Waals surface area contributed by atoms with Gasteiger partial charge in [-0.05, 0) is 17.7 Å². The number of hydrogen-bond donors (Lipinski definition) is 2. The Morgan fingerprint density at radius 3 is 2.58 bits per heavy atom. The second kappa shape index (κ2) is 7.11. The van der Waals surface area contributed by atoms with Crippen LogP contribution in [0.1, 0.15) is 5.56 Å². The fourth-order valence-corrected chi connectivity index (χ4v) is 2.04. The van der Waals surface area contributed by atoms with Gasteiger partial charge in [-0.2, -0.15) is 0 Å². The Morgan fingerprint density at radius 2 is 1.95 bits per heavy atom. The van der Waals surface area contributed by atoms with Gasteiger partial charge in [0.05, 0.1) is 19.0 Å². The molecule has 0 radical (unpaired) electrons. The van der Waals surface area contributed by atoms with Gasteiger partial charge in [0.15, 0.2) is 0 Å². The minimum atomic E-state index is 0.181. The lowest BCUT2D eigenvalue weighted by atomic mass is 10.1. The van der Waals surface area contributed by atoms with Crippen molar-refractivity contribution >= 4 is 5.84 Å². The van der Waals surface area contributed by atoms with Crippen LogP contribution in [0.2, 0.25) is 0 Å². The summed E-state index contributed by atoms with van der Waals surface area (Å²) in [5.41, 5.74) is 6.40. The summed E-state index contributed by atoms with van der Waals surface area (Å²) < 4.78 is 11.0. The van der Waals surface area contributed by atoms with Crippen LogP contribution in [0.5, 0.6) is 5.75 Å². The van der Waals surface area contributed by atoms with Gasteiger partial charge < -0.3 is 15.2 Å². The van der Waals surface area contributed by atoms with Gasteiger partial charge in [0.1, 0.15) is 12.4 Å². The summed E-state index contributed by atoms with van der Waals surface area (Å²) >= 11 is 0. The molecule has 1 aliphatic rings. The van der Waals surface area contributed by atoms with Crippen LogP contribution in [0.25, 0.3) is 0 Å². The summed E-state index contributed by atoms with van der Waals surface area (Å²) in [7, 11) is 0. The van der Waals surface area contributed by atoms with Crippen molar-refractivity contribution in [1.82, 2.24) is 4.90 Å². The molecule has 2 rings (SSSR count). The zero-order valence-corrected chi connectivity index (χ0v) is 11.1. The molecule has 1 aromatic rings. The predicted octanol–water partition coefficient (Wildman–Crippen LogP) is 0.876. The van der Waals surface area contributed by atoms with Gasteiger partial charge in [0, 0.05) is 26.1 Å². The summed E-state index contributed by atoms with van der Waals surface area (Å²) in [6.45, 7) is 5.23. The Hall–Kier alpha value is -1.59. The smallest absolute Gasteiger partial charge is 0.119 e. The van der Waals surface area contributed by atoms with Crippen LogP contribution in [0.15, 0.2) is 24.3 Å². The number of hydrogen-bond acceptors (Lipinski definition) is 4. The Labute approximate surface area is 113 Å². The number of nitrogens with two attached hydrogens (primary N) is 1. The van der Waals surface area contributed by atoms with Crippen molar-refractivity contribution in [2.45, 2.75) is 6.42 Å². The standard InChI is InChI=1S/C14H21N3O2/c15-14(16)11-12-1-3-13(4-2-12)19-10-7-17-5-8-18-9-6-17/h1-4H,5-11H2,(H3,15,16). The van der Waals surface area contributed by atoms with Crippen molar-refractivity contribution in [2.75, 3.05) is 39.5 Å². The van der Waals surface area contributed by atoms with E-state index in [4.69, 9.17) is 20.6 Å². The van der Waals surface area contributed by atoms with Gasteiger partial charge in [-0.25, -0.2) is 0 Å². The van der Waals surface area contributed by atoms with Crippen molar-refractivity contribution in [2.24, 2.45) is 5.73 Å². The molecule has 3 N–H and O–H groups in total. The Balaban J connectivity index is 1.71. The lowest BCUT2D eigenvalue weighted by Crippen LogP contribution is -2.38. The molecule has 5 heteroatoms. The Morgan fingerprint density at radius 1 is 1.26 bits per heavy atom. The average Bonchev–Trinajstić information content (AvgIpc) is 2.41. The van der Waals surface area contributed by atoms with Crippen LogP contribution in [0.4, 0.5) is 0 Å². The molecule has 0 spiro atoms. The number of nitrogens with zero attached hydrogens (tertiary/aromatic N) is 1. The quantitative estimate of drug-likeness (QED) is 0.590. The molecule has 5 nitrogen and oxygen atoms in total. The molecule has 1 aliphatic heterocycles. The highest BCUT2D eigenvalue weighted by Crippen LogP contribution is 2.12. The average molecular weight is 263 g/mol. The molecular weight excluding hydrogens is 242 g/mol. The van der Waals surface area contributed by atoms with Crippen molar-refractivity contribution in [3.05, 3.63) is 29.8 Å². The summed E-state index contributed by atoms with van der Waals surface area (Å²) in [5.74, 6) is 1.04. The highest BCUT2D eigenvalue weighted by molar-refractivity contribution is 5.79. The molecule has 0 amide bonds. The monoisotopic (exact) mass is 263 g/mol. The van der Waals surface area contributed by atoms with Crippen molar-refractivity contribution < 1.29 is 9.47 Å². The molecule has 1 aromatic carbocycles. The molecule has 0 unspecified atom stereocenters. The molecule has 0 aliphatic carbocycles. The number of rotatable bonds is 6. The van der Waals surface area contributed by atoms with E-state index in [0.717, 1.165) is 44.2 Å². The largest absolute Gasteiger partial charge is 0.492 e. The maximum absolute atomic E-state index is 7.24. The van der Waals surface area contributed by atoms with Gasteiger partial charge >= 0.3 is 0 Å². The third-order valence-corrected chi connectivity index (χ3v) is 3.10. The van der Waals surface area contributed by atoms with E-state index in [9.17, 15) is 0 Å². The second-order valence-electron chi connectivity index (χ2n) is 4.65.